The number of likely N-dealkylation sites (tertiary alicyclic amines) is 1. The Kier molecular flexibility index (Phi) is 5.06. The van der Waals surface area contributed by atoms with Gasteiger partial charge in [-0.2, -0.15) is 0 Å². The molecule has 1 aliphatic heterocycles. The fraction of sp³-hybridized carbons (Fsp3) is 0.562. The second-order valence-electron chi connectivity index (χ2n) is 5.87. The van der Waals surface area contributed by atoms with Crippen molar-refractivity contribution in [3.63, 3.8) is 0 Å². The normalized spacial score (nSPS) is 20.1. The van der Waals surface area contributed by atoms with Crippen LogP contribution in [0.2, 0.25) is 5.02 Å². The lowest BCUT2D eigenvalue weighted by molar-refractivity contribution is 0.0886. The summed E-state index contributed by atoms with van der Waals surface area (Å²) in [5.41, 5.74) is 1.63. The molecule has 1 heterocycles. The fourth-order valence-electron chi connectivity index (χ4n) is 2.65. The van der Waals surface area contributed by atoms with Crippen molar-refractivity contribution in [3.05, 3.63) is 34.3 Å². The van der Waals surface area contributed by atoms with Crippen molar-refractivity contribution < 1.29 is 4.79 Å². The molecule has 1 saturated heterocycles. The predicted molar refractivity (Wildman–Crippen MR) is 83.4 cm³/mol. The van der Waals surface area contributed by atoms with Crippen LogP contribution in [0.3, 0.4) is 0 Å². The quantitative estimate of drug-likeness (QED) is 0.928. The van der Waals surface area contributed by atoms with Gasteiger partial charge in [0.1, 0.15) is 0 Å². The summed E-state index contributed by atoms with van der Waals surface area (Å²) in [7, 11) is 0. The summed E-state index contributed by atoms with van der Waals surface area (Å²) in [6.45, 7) is 8.39. The molecule has 2 rings (SSSR count). The first-order valence-electron chi connectivity index (χ1n) is 7.28. The van der Waals surface area contributed by atoms with Crippen molar-refractivity contribution in [2.75, 3.05) is 13.1 Å². The number of rotatable bonds is 3. The molecule has 4 heteroatoms. The van der Waals surface area contributed by atoms with Crippen LogP contribution in [0, 0.1) is 6.92 Å². The molecular formula is C16H23ClN2O. The van der Waals surface area contributed by atoms with Crippen molar-refractivity contribution in [2.45, 2.75) is 45.7 Å². The molecule has 0 unspecified atom stereocenters. The topological polar surface area (TPSA) is 32.3 Å². The molecule has 0 bridgehead atoms. The Morgan fingerprint density at radius 2 is 2.20 bits per heavy atom. The van der Waals surface area contributed by atoms with Gasteiger partial charge in [-0.3, -0.25) is 9.69 Å². The van der Waals surface area contributed by atoms with Gasteiger partial charge < -0.3 is 5.32 Å². The van der Waals surface area contributed by atoms with Gasteiger partial charge in [0.2, 0.25) is 0 Å². The molecule has 3 nitrogen and oxygen atoms in total. The molecule has 0 aliphatic carbocycles. The van der Waals surface area contributed by atoms with Gasteiger partial charge in [-0.05, 0) is 63.9 Å². The van der Waals surface area contributed by atoms with Gasteiger partial charge in [0.05, 0.1) is 0 Å². The van der Waals surface area contributed by atoms with E-state index >= 15 is 0 Å². The number of piperidine rings is 1. The van der Waals surface area contributed by atoms with E-state index in [4.69, 9.17) is 11.6 Å². The average Bonchev–Trinajstić information content (AvgIpc) is 2.42. The minimum absolute atomic E-state index is 0.000345. The van der Waals surface area contributed by atoms with Gasteiger partial charge in [-0.25, -0.2) is 0 Å². The Hall–Kier alpha value is -1.06. The van der Waals surface area contributed by atoms with Gasteiger partial charge >= 0.3 is 0 Å². The zero-order valence-corrected chi connectivity index (χ0v) is 13.2. The molecule has 1 aromatic carbocycles. The Labute approximate surface area is 126 Å². The summed E-state index contributed by atoms with van der Waals surface area (Å²) in [6.07, 6.45) is 2.20. The summed E-state index contributed by atoms with van der Waals surface area (Å²) in [5.74, 6) is 0.000345. The highest BCUT2D eigenvalue weighted by Crippen LogP contribution is 2.17. The van der Waals surface area contributed by atoms with E-state index < -0.39 is 0 Å². The minimum Gasteiger partial charge on any atom is -0.348 e. The van der Waals surface area contributed by atoms with Crippen LogP contribution in [0.25, 0.3) is 0 Å². The number of aryl methyl sites for hydroxylation is 1. The molecule has 1 aliphatic rings. The van der Waals surface area contributed by atoms with Gasteiger partial charge in [-0.1, -0.05) is 11.6 Å². The predicted octanol–water partition coefficient (Wildman–Crippen LogP) is 3.25. The van der Waals surface area contributed by atoms with E-state index in [9.17, 15) is 4.79 Å². The molecule has 0 spiro atoms. The van der Waals surface area contributed by atoms with Gasteiger partial charge in [0, 0.05) is 29.2 Å². The second-order valence-corrected chi connectivity index (χ2v) is 6.27. The molecule has 1 fully saturated rings. The van der Waals surface area contributed by atoms with Crippen LogP contribution in [-0.2, 0) is 0 Å². The number of nitrogens with zero attached hydrogens (tertiary/aromatic N) is 1. The van der Waals surface area contributed by atoms with Crippen LogP contribution in [0.1, 0.15) is 42.6 Å². The van der Waals surface area contributed by atoms with Gasteiger partial charge in [0.15, 0.2) is 0 Å². The highest BCUT2D eigenvalue weighted by Gasteiger charge is 2.23. The van der Waals surface area contributed by atoms with Crippen LogP contribution in [0.4, 0.5) is 0 Å². The summed E-state index contributed by atoms with van der Waals surface area (Å²) in [6, 6.07) is 6.20. The Balaban J connectivity index is 1.98. The fourth-order valence-corrected chi connectivity index (χ4v) is 2.77. The number of hydrogen-bond donors (Lipinski definition) is 1. The lowest BCUT2D eigenvalue weighted by Crippen LogP contribution is -2.49. The van der Waals surface area contributed by atoms with Crippen molar-refractivity contribution in [1.29, 1.82) is 0 Å². The van der Waals surface area contributed by atoms with Crippen molar-refractivity contribution in [3.8, 4) is 0 Å². The Bertz CT molecular complexity index is 487. The van der Waals surface area contributed by atoms with E-state index in [2.05, 4.69) is 24.1 Å². The molecule has 1 amide bonds. The first kappa shape index (κ1) is 15.3. The van der Waals surface area contributed by atoms with E-state index in [1.165, 1.54) is 0 Å². The van der Waals surface area contributed by atoms with Crippen molar-refractivity contribution >= 4 is 17.5 Å². The molecule has 0 radical (unpaired) electrons. The molecule has 20 heavy (non-hydrogen) atoms. The lowest BCUT2D eigenvalue weighted by atomic mass is 10.0. The highest BCUT2D eigenvalue weighted by molar-refractivity contribution is 6.31. The van der Waals surface area contributed by atoms with Crippen LogP contribution in [0.5, 0.6) is 0 Å². The molecule has 0 saturated carbocycles. The number of benzene rings is 1. The van der Waals surface area contributed by atoms with E-state index in [-0.39, 0.29) is 11.9 Å². The molecule has 1 atom stereocenters. The van der Waals surface area contributed by atoms with E-state index in [1.54, 1.807) is 12.1 Å². The zero-order valence-electron chi connectivity index (χ0n) is 12.4. The third-order valence-corrected chi connectivity index (χ3v) is 4.36. The van der Waals surface area contributed by atoms with Crippen LogP contribution in [-0.4, -0.2) is 36.0 Å². The average molecular weight is 295 g/mol. The molecule has 110 valence electrons. The third kappa shape index (κ3) is 3.74. The minimum atomic E-state index is 0.000345. The summed E-state index contributed by atoms with van der Waals surface area (Å²) < 4.78 is 0. The maximum atomic E-state index is 12.3. The smallest absolute Gasteiger partial charge is 0.251 e. The van der Waals surface area contributed by atoms with Crippen LogP contribution in [0.15, 0.2) is 18.2 Å². The monoisotopic (exact) mass is 294 g/mol. The molecule has 1 aromatic rings. The number of hydrogen-bond acceptors (Lipinski definition) is 2. The van der Waals surface area contributed by atoms with Gasteiger partial charge in [-0.15, -0.1) is 0 Å². The largest absolute Gasteiger partial charge is 0.348 e. The number of carbonyl (C=O) groups excluding carboxylic acids is 1. The number of halogens is 1. The van der Waals surface area contributed by atoms with Crippen molar-refractivity contribution in [1.82, 2.24) is 10.2 Å². The van der Waals surface area contributed by atoms with Crippen LogP contribution >= 0.6 is 11.6 Å². The van der Waals surface area contributed by atoms with E-state index in [1.807, 2.05) is 13.0 Å². The maximum absolute atomic E-state index is 12.3. The number of carbonyl (C=O) groups is 1. The van der Waals surface area contributed by atoms with Gasteiger partial charge in [0.25, 0.3) is 5.91 Å². The van der Waals surface area contributed by atoms with E-state index in [0.717, 1.165) is 31.5 Å². The first-order valence-corrected chi connectivity index (χ1v) is 7.66. The highest BCUT2D eigenvalue weighted by atomic mass is 35.5. The standard InChI is InChI=1S/C16H23ClN2O/c1-11(2)19-8-4-5-14(10-19)18-16(20)13-6-7-15(17)12(3)9-13/h6-7,9,11,14H,4-5,8,10H2,1-3H3,(H,18,20)/t14-/m1/s1. The van der Waals surface area contributed by atoms with Crippen molar-refractivity contribution in [2.24, 2.45) is 0 Å². The molecule has 0 aromatic heterocycles. The Morgan fingerprint density at radius 1 is 1.45 bits per heavy atom. The lowest BCUT2D eigenvalue weighted by Gasteiger charge is -2.35. The van der Waals surface area contributed by atoms with E-state index in [0.29, 0.717) is 16.6 Å². The van der Waals surface area contributed by atoms with Crippen LogP contribution < -0.4 is 5.32 Å². The SMILES string of the molecule is Cc1cc(C(=O)N[C@@H]2CCCN(C(C)C)C2)ccc1Cl. The number of nitrogens with one attached hydrogen (secondary N) is 1. The summed E-state index contributed by atoms with van der Waals surface area (Å²) >= 11 is 5.99. The zero-order chi connectivity index (χ0) is 14.7. The molecule has 1 N–H and O–H groups in total. The summed E-state index contributed by atoms with van der Waals surface area (Å²) in [4.78, 5) is 14.7. The third-order valence-electron chi connectivity index (χ3n) is 3.94. The molecular weight excluding hydrogens is 272 g/mol. The maximum Gasteiger partial charge on any atom is 0.251 e. The second kappa shape index (κ2) is 6.59. The Morgan fingerprint density at radius 3 is 2.85 bits per heavy atom. The summed E-state index contributed by atoms with van der Waals surface area (Å²) in [5, 5.41) is 3.84. The number of amides is 1. The first-order chi connectivity index (χ1) is 9.47.